The highest BCUT2D eigenvalue weighted by Crippen LogP contribution is 2.07. The average molecular weight is 403 g/mol. The minimum absolute atomic E-state index is 0. The zero-order valence-corrected chi connectivity index (χ0v) is 14.1. The Kier molecular flexibility index (Phi) is 12.0. The van der Waals surface area contributed by atoms with Gasteiger partial charge in [0.1, 0.15) is 18.3 Å². The van der Waals surface area contributed by atoms with Crippen LogP contribution >= 0.6 is 0 Å². The Morgan fingerprint density at radius 1 is 0.714 bits per heavy atom. The lowest BCUT2D eigenvalue weighted by molar-refractivity contribution is -0.165. The van der Waals surface area contributed by atoms with E-state index in [4.69, 9.17) is 16.6 Å². The molecule has 5 N–H and O–H groups in total. The number of aliphatic carboxylic acids is 1. The molecule has 0 unspecified atom stereocenters. The van der Waals surface area contributed by atoms with Crippen molar-refractivity contribution in [3.8, 4) is 83.4 Å². The summed E-state index contributed by atoms with van der Waals surface area (Å²) in [6.07, 6.45) is -4.61. The number of carboxylic acid groups (broad SMARTS) is 1. The lowest BCUT2D eigenvalue weighted by atomic mass is 9.99. The fourth-order valence-corrected chi connectivity index (χ4v) is 1.31. The number of hydrogen-bond acceptors (Lipinski definition) is 6. The predicted octanol–water partition coefficient (Wildman–Crippen LogP) is 0.325. The van der Waals surface area contributed by atoms with Crippen LogP contribution in [0.25, 0.3) is 0 Å². The Morgan fingerprint density at radius 2 is 1.11 bits per heavy atom. The standard InChI is InChI=1S/C21H12O7.13H2/c1-2-3-4-5-6-7-8-9-10-11-12-13-14-15-16(22)17(23)18(24)19(25)20(26)21(27)28;;;;;;;;;;;;;/h1,17-20,23-26H,15H2,(H,27,28);13*1H/t17-,18+,19-,20-;;;;;;;;;;;;;/m1............./s1. The Morgan fingerprint density at radius 3 is 1.54 bits per heavy atom. The van der Waals surface area contributed by atoms with Crippen LogP contribution < -0.4 is 0 Å². The summed E-state index contributed by atoms with van der Waals surface area (Å²) < 4.78 is 0. The second kappa shape index (κ2) is 14.1. The van der Waals surface area contributed by atoms with Crippen molar-refractivity contribution in [2.75, 3.05) is 0 Å². The van der Waals surface area contributed by atoms with E-state index in [2.05, 4.69) is 77.0 Å². The van der Waals surface area contributed by atoms with Crippen molar-refractivity contribution in [2.24, 2.45) is 0 Å². The van der Waals surface area contributed by atoms with Gasteiger partial charge in [0, 0.05) is 18.5 Å². The normalized spacial score (nSPS) is 12.0. The maximum Gasteiger partial charge on any atom is 0.335 e. The average Bonchev–Trinajstić information content (AvgIpc) is 2.68. The highest BCUT2D eigenvalue weighted by atomic mass is 16.4. The molecular formula is C21H38O7. The van der Waals surface area contributed by atoms with E-state index in [0.717, 1.165) is 0 Å². The maximum atomic E-state index is 11.6. The second-order valence-corrected chi connectivity index (χ2v) is 4.55. The minimum Gasteiger partial charge on any atom is -0.479 e. The van der Waals surface area contributed by atoms with E-state index < -0.39 is 42.6 Å². The molecule has 0 radical (unpaired) electrons. The quantitative estimate of drug-likeness (QED) is 0.404. The molecule has 0 aliphatic carbocycles. The molecule has 0 amide bonds. The van der Waals surface area contributed by atoms with Crippen LogP contribution in [0.2, 0.25) is 0 Å². The lowest BCUT2D eigenvalue weighted by Crippen LogP contribution is -2.49. The first-order valence-corrected chi connectivity index (χ1v) is 7.24. The molecule has 0 bridgehead atoms. The van der Waals surface area contributed by atoms with Crippen molar-refractivity contribution in [3.63, 3.8) is 0 Å². The molecule has 0 aromatic heterocycles. The van der Waals surface area contributed by atoms with Gasteiger partial charge >= 0.3 is 5.97 Å². The summed E-state index contributed by atoms with van der Waals surface area (Å²) in [6.45, 7) is 0. The summed E-state index contributed by atoms with van der Waals surface area (Å²) in [6, 6.07) is 0. The van der Waals surface area contributed by atoms with Gasteiger partial charge in [-0.3, -0.25) is 4.79 Å². The Balaban J connectivity index is -0.0000000467. The number of carbonyl (C=O) groups excluding carboxylic acids is 1. The summed E-state index contributed by atoms with van der Waals surface area (Å²) in [4.78, 5) is 22.1. The number of rotatable bonds is 6. The second-order valence-electron chi connectivity index (χ2n) is 4.55. The monoisotopic (exact) mass is 402 g/mol. The number of carbonyl (C=O) groups is 2. The molecule has 0 aliphatic rings. The molecule has 0 saturated carbocycles. The third-order valence-corrected chi connectivity index (χ3v) is 2.63. The fourth-order valence-electron chi connectivity index (χ4n) is 1.31. The van der Waals surface area contributed by atoms with E-state index in [1.165, 1.54) is 0 Å². The van der Waals surface area contributed by atoms with Crippen molar-refractivity contribution < 1.29 is 53.7 Å². The molecule has 7 heteroatoms. The summed E-state index contributed by atoms with van der Waals surface area (Å²) in [5.41, 5.74) is 0. The molecule has 0 saturated heterocycles. The fraction of sp³-hybridized carbons (Fsp3) is 0.238. The molecule has 0 fully saturated rings. The summed E-state index contributed by atoms with van der Waals surface area (Å²) in [5, 5.41) is 46.0. The number of aliphatic hydroxyl groups is 4. The highest BCUT2D eigenvalue weighted by molar-refractivity contribution is 5.86. The predicted molar refractivity (Wildman–Crippen MR) is 124 cm³/mol. The molecular weight excluding hydrogens is 364 g/mol. The van der Waals surface area contributed by atoms with Crippen LogP contribution in [0.3, 0.4) is 0 Å². The summed E-state index contributed by atoms with van der Waals surface area (Å²) in [7, 11) is 0. The van der Waals surface area contributed by atoms with E-state index >= 15 is 0 Å². The molecule has 0 rings (SSSR count). The molecule has 4 atom stereocenters. The third kappa shape index (κ3) is 10.0. The Labute approximate surface area is 181 Å². The van der Waals surface area contributed by atoms with Crippen molar-refractivity contribution >= 4 is 11.8 Å². The van der Waals surface area contributed by atoms with Gasteiger partial charge in [0.2, 0.25) is 0 Å². The molecule has 0 spiro atoms. The van der Waals surface area contributed by atoms with E-state index in [0.29, 0.717) is 0 Å². The highest BCUT2D eigenvalue weighted by Gasteiger charge is 2.36. The van der Waals surface area contributed by atoms with Crippen LogP contribution in [-0.4, -0.2) is 61.7 Å². The van der Waals surface area contributed by atoms with Gasteiger partial charge in [0.25, 0.3) is 0 Å². The Bertz CT molecular complexity index is 1050. The molecule has 28 heavy (non-hydrogen) atoms. The lowest BCUT2D eigenvalue weighted by Gasteiger charge is -2.23. The molecule has 0 heterocycles. The van der Waals surface area contributed by atoms with Crippen LogP contribution in [0.4, 0.5) is 0 Å². The van der Waals surface area contributed by atoms with Gasteiger partial charge in [-0.15, -0.1) is 6.42 Å². The number of carboxylic acids is 1. The largest absolute Gasteiger partial charge is 0.479 e. The molecule has 164 valence electrons. The SMILES string of the molecule is C#CC#CC#CC#CC#CC#CC#CCC(=O)[C@@H](O)[C@H](O)[C@@H](O)[C@@H](O)C(=O)O.[HH].[HH].[HH].[HH].[HH].[HH].[HH].[HH].[HH].[HH].[HH].[HH].[HH]. The smallest absolute Gasteiger partial charge is 0.335 e. The zero-order valence-electron chi connectivity index (χ0n) is 14.1. The van der Waals surface area contributed by atoms with Crippen molar-refractivity contribution in [1.82, 2.24) is 0 Å². The van der Waals surface area contributed by atoms with Gasteiger partial charge in [-0.1, -0.05) is 5.92 Å². The van der Waals surface area contributed by atoms with Gasteiger partial charge in [-0.05, 0) is 71.0 Å². The van der Waals surface area contributed by atoms with E-state index in [1.54, 1.807) is 0 Å². The molecule has 7 nitrogen and oxygen atoms in total. The van der Waals surface area contributed by atoms with Crippen LogP contribution in [0.1, 0.15) is 25.0 Å². The van der Waals surface area contributed by atoms with Gasteiger partial charge in [0.05, 0.1) is 6.42 Å². The number of Topliss-reactive ketones (excluding diaryl/α,β-unsaturated/α-hetero) is 1. The number of hydrogen-bond donors (Lipinski definition) is 5. The summed E-state index contributed by atoms with van der Waals surface area (Å²) in [5.74, 6) is 27.2. The summed E-state index contributed by atoms with van der Waals surface area (Å²) >= 11 is 0. The molecule has 0 aliphatic heterocycles. The zero-order chi connectivity index (χ0) is 21.4. The van der Waals surface area contributed by atoms with Crippen molar-refractivity contribution in [2.45, 2.75) is 30.8 Å². The van der Waals surface area contributed by atoms with Crippen LogP contribution in [0, 0.1) is 83.4 Å². The Hall–Kier alpha value is -4.10. The maximum absolute atomic E-state index is 11.6. The molecule has 0 aromatic rings. The first kappa shape index (κ1) is 23.9. The van der Waals surface area contributed by atoms with Crippen LogP contribution in [0.5, 0.6) is 0 Å². The van der Waals surface area contributed by atoms with E-state index in [-0.39, 0.29) is 18.5 Å². The van der Waals surface area contributed by atoms with Crippen LogP contribution in [-0.2, 0) is 9.59 Å². The molecule has 0 aromatic carbocycles. The number of terminal acetylenes is 1. The number of ketones is 1. The van der Waals surface area contributed by atoms with Crippen molar-refractivity contribution in [1.29, 1.82) is 0 Å². The first-order valence-electron chi connectivity index (χ1n) is 7.24. The van der Waals surface area contributed by atoms with E-state index in [9.17, 15) is 24.9 Å². The van der Waals surface area contributed by atoms with Gasteiger partial charge in [-0.25, -0.2) is 4.79 Å². The van der Waals surface area contributed by atoms with Gasteiger partial charge < -0.3 is 25.5 Å². The van der Waals surface area contributed by atoms with Crippen LogP contribution in [0.15, 0.2) is 0 Å². The van der Waals surface area contributed by atoms with Gasteiger partial charge in [0.15, 0.2) is 11.9 Å². The topological polar surface area (TPSA) is 135 Å². The minimum atomic E-state index is -2.36. The first-order chi connectivity index (χ1) is 13.3. The van der Waals surface area contributed by atoms with Crippen molar-refractivity contribution in [3.05, 3.63) is 0 Å². The third-order valence-electron chi connectivity index (χ3n) is 2.63. The van der Waals surface area contributed by atoms with E-state index in [1.807, 2.05) is 0 Å². The van der Waals surface area contributed by atoms with Gasteiger partial charge in [-0.2, -0.15) is 0 Å². The number of aliphatic hydroxyl groups excluding tert-OH is 4.